The van der Waals surface area contributed by atoms with Crippen LogP contribution in [0.2, 0.25) is 0 Å². The first-order valence-electron chi connectivity index (χ1n) is 9.01. The molecule has 0 saturated carbocycles. The van der Waals surface area contributed by atoms with Gasteiger partial charge in [0, 0.05) is 28.2 Å². The largest absolute Gasteiger partial charge is 0.493 e. The van der Waals surface area contributed by atoms with Crippen LogP contribution in [-0.4, -0.2) is 29.9 Å². The van der Waals surface area contributed by atoms with Crippen molar-refractivity contribution in [3.05, 3.63) is 77.1 Å². The number of aromatic nitrogens is 1. The highest BCUT2D eigenvalue weighted by molar-refractivity contribution is 5.99. The summed E-state index contributed by atoms with van der Waals surface area (Å²) < 4.78 is 13.0. The van der Waals surface area contributed by atoms with E-state index in [1.54, 1.807) is 18.2 Å². The van der Waals surface area contributed by atoms with Crippen LogP contribution >= 0.6 is 0 Å². The van der Waals surface area contributed by atoms with Gasteiger partial charge >= 0.3 is 0 Å². The molecular formula is C23H23NO4. The summed E-state index contributed by atoms with van der Waals surface area (Å²) in [5.41, 5.74) is 4.02. The Morgan fingerprint density at radius 2 is 1.68 bits per heavy atom. The normalized spacial score (nSPS) is 10.6. The van der Waals surface area contributed by atoms with Crippen molar-refractivity contribution in [2.24, 2.45) is 0 Å². The zero-order valence-corrected chi connectivity index (χ0v) is 16.5. The Bertz CT molecular complexity index is 1020. The average Bonchev–Trinajstić information content (AvgIpc) is 3.00. The van der Waals surface area contributed by atoms with Crippen LogP contribution in [0.15, 0.2) is 54.6 Å². The molecule has 0 saturated heterocycles. The number of carbonyl (C=O) groups excluding carboxylic acids is 2. The molecule has 0 aliphatic heterocycles. The first-order chi connectivity index (χ1) is 13.4. The van der Waals surface area contributed by atoms with Gasteiger partial charge in [-0.3, -0.25) is 9.59 Å². The summed E-state index contributed by atoms with van der Waals surface area (Å²) >= 11 is 0. The number of rotatable bonds is 7. The molecule has 1 aromatic heterocycles. The summed E-state index contributed by atoms with van der Waals surface area (Å²) in [5.74, 6) is 0.676. The molecule has 0 fully saturated rings. The summed E-state index contributed by atoms with van der Waals surface area (Å²) in [6.45, 7) is 5.27. The lowest BCUT2D eigenvalue weighted by atomic mass is 10.1. The van der Waals surface area contributed by atoms with Crippen molar-refractivity contribution in [2.45, 2.75) is 20.8 Å². The number of hydrogen-bond donors (Lipinski definition) is 0. The molecule has 3 rings (SSSR count). The summed E-state index contributed by atoms with van der Waals surface area (Å²) in [6.07, 6.45) is 0. The number of hydrogen-bond acceptors (Lipinski definition) is 4. The Balaban J connectivity index is 1.81. The number of methoxy groups -OCH3 is 1. The Kier molecular flexibility index (Phi) is 5.64. The maximum absolute atomic E-state index is 12.8. The molecule has 0 N–H and O–H groups in total. The molecule has 0 radical (unpaired) electrons. The van der Waals surface area contributed by atoms with E-state index in [0.717, 1.165) is 17.1 Å². The van der Waals surface area contributed by atoms with Gasteiger partial charge in [0.15, 0.2) is 23.9 Å². The number of nitrogens with zero attached hydrogens (tertiary/aromatic N) is 1. The summed E-state index contributed by atoms with van der Waals surface area (Å²) in [5, 5.41) is 0. The van der Waals surface area contributed by atoms with Crippen LogP contribution in [0.25, 0.3) is 5.69 Å². The molecule has 0 atom stereocenters. The van der Waals surface area contributed by atoms with Gasteiger partial charge < -0.3 is 14.0 Å². The van der Waals surface area contributed by atoms with Crippen molar-refractivity contribution < 1.29 is 19.1 Å². The van der Waals surface area contributed by atoms with E-state index in [2.05, 4.69) is 4.57 Å². The van der Waals surface area contributed by atoms with Gasteiger partial charge in [0.1, 0.15) is 0 Å². The van der Waals surface area contributed by atoms with Gasteiger partial charge in [-0.15, -0.1) is 0 Å². The predicted molar refractivity (Wildman–Crippen MR) is 108 cm³/mol. The number of ether oxygens (including phenoxy) is 2. The fraction of sp³-hybridized carbons (Fsp3) is 0.217. The zero-order valence-electron chi connectivity index (χ0n) is 16.5. The molecule has 0 aliphatic carbocycles. The maximum Gasteiger partial charge on any atom is 0.202 e. The monoisotopic (exact) mass is 377 g/mol. The van der Waals surface area contributed by atoms with Gasteiger partial charge in [-0.25, -0.2) is 0 Å². The van der Waals surface area contributed by atoms with Gasteiger partial charge in [0.2, 0.25) is 5.78 Å². The Morgan fingerprint density at radius 3 is 2.32 bits per heavy atom. The third-order valence-electron chi connectivity index (χ3n) is 4.67. The number of benzene rings is 2. The molecule has 0 unspecified atom stereocenters. The molecule has 2 aromatic carbocycles. The highest BCUT2D eigenvalue weighted by atomic mass is 16.5. The van der Waals surface area contributed by atoms with E-state index < -0.39 is 0 Å². The van der Waals surface area contributed by atoms with E-state index in [9.17, 15) is 9.59 Å². The van der Waals surface area contributed by atoms with Crippen LogP contribution in [0.5, 0.6) is 11.5 Å². The predicted octanol–water partition coefficient (Wildman–Crippen LogP) is 4.57. The lowest BCUT2D eigenvalue weighted by Crippen LogP contribution is -2.13. The van der Waals surface area contributed by atoms with Crippen molar-refractivity contribution in [1.82, 2.24) is 4.57 Å². The van der Waals surface area contributed by atoms with Crippen LogP contribution in [0.4, 0.5) is 0 Å². The van der Waals surface area contributed by atoms with Crippen molar-refractivity contribution in [1.29, 1.82) is 0 Å². The lowest BCUT2D eigenvalue weighted by Gasteiger charge is -2.12. The van der Waals surface area contributed by atoms with Crippen LogP contribution in [-0.2, 0) is 0 Å². The van der Waals surface area contributed by atoms with Gasteiger partial charge in [-0.1, -0.05) is 18.2 Å². The fourth-order valence-corrected chi connectivity index (χ4v) is 3.25. The van der Waals surface area contributed by atoms with Crippen molar-refractivity contribution >= 4 is 11.6 Å². The smallest absolute Gasteiger partial charge is 0.202 e. The standard InChI is InChI=1S/C23H23NO4/c1-15-12-20(16(2)24(15)19-8-6-5-7-9-19)21(26)14-28-22-11-10-18(17(3)25)13-23(22)27-4/h5-13H,14H2,1-4H3. The first-order valence-corrected chi connectivity index (χ1v) is 9.01. The van der Waals surface area contributed by atoms with E-state index in [1.807, 2.05) is 50.2 Å². The van der Waals surface area contributed by atoms with Gasteiger partial charge in [0.05, 0.1) is 7.11 Å². The van der Waals surface area contributed by atoms with E-state index in [-0.39, 0.29) is 18.2 Å². The third-order valence-corrected chi connectivity index (χ3v) is 4.67. The Morgan fingerprint density at radius 1 is 0.964 bits per heavy atom. The van der Waals surface area contributed by atoms with Gasteiger partial charge in [-0.2, -0.15) is 0 Å². The molecular weight excluding hydrogens is 354 g/mol. The van der Waals surface area contributed by atoms with E-state index in [4.69, 9.17) is 9.47 Å². The van der Waals surface area contributed by atoms with Crippen molar-refractivity contribution in [2.75, 3.05) is 13.7 Å². The minimum Gasteiger partial charge on any atom is -0.493 e. The lowest BCUT2D eigenvalue weighted by molar-refractivity contribution is 0.0917. The maximum atomic E-state index is 12.8. The second kappa shape index (κ2) is 8.13. The number of carbonyl (C=O) groups is 2. The summed E-state index contributed by atoms with van der Waals surface area (Å²) in [4.78, 5) is 24.3. The number of Topliss-reactive ketones (excluding diaryl/α,β-unsaturated/α-hetero) is 2. The summed E-state index contributed by atoms with van der Waals surface area (Å²) in [7, 11) is 1.50. The number of para-hydroxylation sites is 1. The summed E-state index contributed by atoms with van der Waals surface area (Å²) in [6, 6.07) is 16.7. The highest BCUT2D eigenvalue weighted by Crippen LogP contribution is 2.29. The molecule has 0 spiro atoms. The second-order valence-electron chi connectivity index (χ2n) is 6.59. The minimum atomic E-state index is -0.118. The molecule has 0 bridgehead atoms. The van der Waals surface area contributed by atoms with Crippen LogP contribution in [0.1, 0.15) is 39.0 Å². The molecule has 5 heteroatoms. The molecule has 3 aromatic rings. The molecule has 1 heterocycles. The average molecular weight is 377 g/mol. The Labute approximate surface area is 164 Å². The topological polar surface area (TPSA) is 57.5 Å². The van der Waals surface area contributed by atoms with Crippen LogP contribution in [0.3, 0.4) is 0 Å². The molecule has 0 aliphatic rings. The third kappa shape index (κ3) is 3.83. The quantitative estimate of drug-likeness (QED) is 0.566. The van der Waals surface area contributed by atoms with E-state index in [1.165, 1.54) is 14.0 Å². The minimum absolute atomic E-state index is 0.0609. The first kappa shape index (κ1) is 19.4. The number of aryl methyl sites for hydroxylation is 1. The zero-order chi connectivity index (χ0) is 20.3. The van der Waals surface area contributed by atoms with Crippen LogP contribution in [0, 0.1) is 13.8 Å². The van der Waals surface area contributed by atoms with Gasteiger partial charge in [0.25, 0.3) is 0 Å². The fourth-order valence-electron chi connectivity index (χ4n) is 3.25. The number of ketones is 2. The van der Waals surface area contributed by atoms with E-state index in [0.29, 0.717) is 22.6 Å². The van der Waals surface area contributed by atoms with Crippen LogP contribution < -0.4 is 9.47 Å². The van der Waals surface area contributed by atoms with Crippen molar-refractivity contribution in [3.8, 4) is 17.2 Å². The van der Waals surface area contributed by atoms with Gasteiger partial charge in [-0.05, 0) is 57.2 Å². The second-order valence-corrected chi connectivity index (χ2v) is 6.59. The highest BCUT2D eigenvalue weighted by Gasteiger charge is 2.18. The molecule has 144 valence electrons. The van der Waals surface area contributed by atoms with Crippen molar-refractivity contribution in [3.63, 3.8) is 0 Å². The molecule has 0 amide bonds. The van der Waals surface area contributed by atoms with E-state index >= 15 is 0 Å². The molecule has 5 nitrogen and oxygen atoms in total. The molecule has 28 heavy (non-hydrogen) atoms. The SMILES string of the molecule is COc1cc(C(C)=O)ccc1OCC(=O)c1cc(C)n(-c2ccccc2)c1C. The Hall–Kier alpha value is -3.34.